The summed E-state index contributed by atoms with van der Waals surface area (Å²) < 4.78 is 0. The maximum atomic E-state index is 9.77. The molecule has 50 valence electrons. The van der Waals surface area contributed by atoms with E-state index in [0.29, 0.717) is 0 Å². The molecule has 0 spiro atoms. The van der Waals surface area contributed by atoms with Crippen LogP contribution < -0.4 is 0 Å². The Morgan fingerprint density at radius 3 is 2.33 bits per heavy atom. The van der Waals surface area contributed by atoms with E-state index in [9.17, 15) is 4.79 Å². The van der Waals surface area contributed by atoms with E-state index in [4.69, 9.17) is 0 Å². The van der Waals surface area contributed by atoms with Crippen LogP contribution in [0.25, 0.3) is 0 Å². The number of rotatable bonds is 5. The molecular formula is C7H15ORb. The second-order valence-electron chi connectivity index (χ2n) is 2.02. The number of unbranched alkanes of at least 4 members (excludes halogenated alkanes) is 4. The normalized spacial score (nSPS) is 8.11. The van der Waals surface area contributed by atoms with Gasteiger partial charge in [-0.1, -0.05) is 26.2 Å². The van der Waals surface area contributed by atoms with Gasteiger partial charge < -0.3 is 4.79 Å². The van der Waals surface area contributed by atoms with Crippen molar-refractivity contribution in [2.75, 3.05) is 0 Å². The molecular weight excluding hydrogens is 186 g/mol. The summed E-state index contributed by atoms with van der Waals surface area (Å²) >= 11 is 0. The summed E-state index contributed by atoms with van der Waals surface area (Å²) in [5, 5.41) is 0. The maximum absolute atomic E-state index is 9.77. The topological polar surface area (TPSA) is 17.1 Å². The van der Waals surface area contributed by atoms with Crippen LogP contribution in [0.1, 0.15) is 39.0 Å². The Kier molecular flexibility index (Phi) is 17.7. The van der Waals surface area contributed by atoms with Gasteiger partial charge in [0, 0.05) is 6.42 Å². The molecule has 0 aliphatic rings. The molecule has 0 rings (SSSR count). The van der Waals surface area contributed by atoms with E-state index in [1.54, 1.807) is 0 Å². The molecule has 0 aromatic rings. The van der Waals surface area contributed by atoms with E-state index in [1.165, 1.54) is 19.3 Å². The molecule has 0 saturated heterocycles. The molecule has 0 bridgehead atoms. The molecule has 0 unspecified atom stereocenters. The molecule has 1 nitrogen and oxygen atoms in total. The fourth-order valence-electron chi connectivity index (χ4n) is 0.654. The van der Waals surface area contributed by atoms with E-state index in [-0.39, 0.29) is 58.2 Å². The number of aldehydes is 1. The molecule has 0 amide bonds. The summed E-state index contributed by atoms with van der Waals surface area (Å²) in [4.78, 5) is 9.77. The first-order valence-corrected chi connectivity index (χ1v) is 3.35. The van der Waals surface area contributed by atoms with Gasteiger partial charge in [-0.3, -0.25) is 0 Å². The van der Waals surface area contributed by atoms with Crippen molar-refractivity contribution in [1.82, 2.24) is 0 Å². The molecule has 2 heteroatoms. The summed E-state index contributed by atoms with van der Waals surface area (Å²) in [6.45, 7) is 2.17. The van der Waals surface area contributed by atoms with E-state index in [0.717, 1.165) is 19.1 Å². The second kappa shape index (κ2) is 12.2. The number of hydrogen-bond donors (Lipinski definition) is 0. The van der Waals surface area contributed by atoms with E-state index in [2.05, 4.69) is 6.92 Å². The van der Waals surface area contributed by atoms with Crippen molar-refractivity contribution in [3.05, 3.63) is 0 Å². The molecule has 0 aromatic heterocycles. The van der Waals surface area contributed by atoms with Gasteiger partial charge in [-0.15, -0.1) is 0 Å². The first-order chi connectivity index (χ1) is 3.91. The Morgan fingerprint density at radius 2 is 1.89 bits per heavy atom. The molecule has 0 aliphatic heterocycles. The van der Waals surface area contributed by atoms with Crippen LogP contribution in [0, 0.1) is 0 Å². The Bertz CT molecular complexity index is 54.9. The van der Waals surface area contributed by atoms with Gasteiger partial charge in [0.05, 0.1) is 0 Å². The van der Waals surface area contributed by atoms with Crippen LogP contribution in [0.2, 0.25) is 0 Å². The zero-order valence-corrected chi connectivity index (χ0v) is 5.52. The molecule has 0 fully saturated rings. The molecule has 0 atom stereocenters. The Hall–Kier alpha value is 1.48. The van der Waals surface area contributed by atoms with Gasteiger partial charge in [-0.05, 0) is 6.42 Å². The summed E-state index contributed by atoms with van der Waals surface area (Å²) in [6.07, 6.45) is 6.56. The predicted octanol–water partition coefficient (Wildman–Crippen LogP) is 1.51. The van der Waals surface area contributed by atoms with Crippen molar-refractivity contribution in [1.29, 1.82) is 0 Å². The summed E-state index contributed by atoms with van der Waals surface area (Å²) in [5.74, 6) is 0. The van der Waals surface area contributed by atoms with Crippen molar-refractivity contribution in [2.24, 2.45) is 0 Å². The molecule has 0 aliphatic carbocycles. The van der Waals surface area contributed by atoms with Gasteiger partial charge >= 0.3 is 58.2 Å². The van der Waals surface area contributed by atoms with Crippen molar-refractivity contribution in [3.8, 4) is 0 Å². The standard InChI is InChI=1S/C7H14O.Rb.H/c1-2-3-4-5-6-7-8;;/h7H,2-6H2,1H3;;. The van der Waals surface area contributed by atoms with Gasteiger partial charge in [0.2, 0.25) is 0 Å². The van der Waals surface area contributed by atoms with Crippen LogP contribution in [-0.2, 0) is 4.79 Å². The zero-order chi connectivity index (χ0) is 6.24. The van der Waals surface area contributed by atoms with Crippen LogP contribution in [-0.4, -0.2) is 64.5 Å². The third kappa shape index (κ3) is 12.6. The predicted molar refractivity (Wildman–Crippen MR) is 42.0 cm³/mol. The van der Waals surface area contributed by atoms with E-state index in [1.807, 2.05) is 0 Å². The van der Waals surface area contributed by atoms with Gasteiger partial charge in [-0.25, -0.2) is 0 Å². The number of hydrogen-bond acceptors (Lipinski definition) is 1. The molecule has 9 heavy (non-hydrogen) atoms. The summed E-state index contributed by atoms with van der Waals surface area (Å²) in [6, 6.07) is 0. The van der Waals surface area contributed by atoms with Crippen LogP contribution in [0.5, 0.6) is 0 Å². The van der Waals surface area contributed by atoms with Gasteiger partial charge in [0.25, 0.3) is 0 Å². The molecule has 0 heterocycles. The molecule has 0 N–H and O–H groups in total. The minimum absolute atomic E-state index is 0. The average molecular weight is 201 g/mol. The Morgan fingerprint density at radius 1 is 1.22 bits per heavy atom. The van der Waals surface area contributed by atoms with Crippen molar-refractivity contribution < 1.29 is 4.79 Å². The molecule has 0 radical (unpaired) electrons. The summed E-state index contributed by atoms with van der Waals surface area (Å²) in [7, 11) is 0. The molecule has 0 aromatic carbocycles. The second-order valence-corrected chi connectivity index (χ2v) is 2.02. The van der Waals surface area contributed by atoms with Crippen LogP contribution in [0.4, 0.5) is 0 Å². The van der Waals surface area contributed by atoms with Crippen LogP contribution in [0.3, 0.4) is 0 Å². The third-order valence-corrected chi connectivity index (χ3v) is 1.18. The Labute approximate surface area is 106 Å². The van der Waals surface area contributed by atoms with Gasteiger partial charge in [0.15, 0.2) is 0 Å². The first kappa shape index (κ1) is 13.1. The first-order valence-electron chi connectivity index (χ1n) is 3.35. The SMILES string of the molecule is CCCCCCC=O.[RbH]. The number of carbonyl (C=O) groups excluding carboxylic acids is 1. The van der Waals surface area contributed by atoms with E-state index < -0.39 is 0 Å². The monoisotopic (exact) mass is 200 g/mol. The quantitative estimate of drug-likeness (QED) is 0.486. The van der Waals surface area contributed by atoms with Crippen LogP contribution >= 0.6 is 0 Å². The zero-order valence-electron chi connectivity index (χ0n) is 5.52. The van der Waals surface area contributed by atoms with E-state index >= 15 is 0 Å². The average Bonchev–Trinajstić information content (AvgIpc) is 1.81. The fourth-order valence-corrected chi connectivity index (χ4v) is 0.654. The fraction of sp³-hybridized carbons (Fsp3) is 0.857. The Balaban J connectivity index is 0. The van der Waals surface area contributed by atoms with Crippen molar-refractivity contribution >= 4 is 64.5 Å². The third-order valence-electron chi connectivity index (χ3n) is 1.18. The number of carbonyl (C=O) groups is 1. The van der Waals surface area contributed by atoms with Crippen LogP contribution in [0.15, 0.2) is 0 Å². The van der Waals surface area contributed by atoms with Crippen molar-refractivity contribution in [2.45, 2.75) is 39.0 Å². The summed E-state index contributed by atoms with van der Waals surface area (Å²) in [5.41, 5.74) is 0. The van der Waals surface area contributed by atoms with Gasteiger partial charge in [0.1, 0.15) is 6.29 Å². The molecule has 0 saturated carbocycles. The minimum atomic E-state index is 0. The van der Waals surface area contributed by atoms with Crippen molar-refractivity contribution in [3.63, 3.8) is 0 Å². The van der Waals surface area contributed by atoms with Gasteiger partial charge in [-0.2, -0.15) is 0 Å².